The lowest BCUT2D eigenvalue weighted by atomic mass is 9.95. The van der Waals surface area contributed by atoms with Gasteiger partial charge < -0.3 is 15.3 Å². The highest BCUT2D eigenvalue weighted by Gasteiger charge is 2.33. The summed E-state index contributed by atoms with van der Waals surface area (Å²) in [5.41, 5.74) is -1.95. The van der Waals surface area contributed by atoms with Crippen LogP contribution in [-0.2, 0) is 4.79 Å². The molecule has 22 heavy (non-hydrogen) atoms. The molecule has 4 nitrogen and oxygen atoms in total. The van der Waals surface area contributed by atoms with Gasteiger partial charge in [-0.2, -0.15) is 0 Å². The van der Waals surface area contributed by atoms with Crippen molar-refractivity contribution in [2.75, 3.05) is 13.2 Å². The number of ketones is 1. The average Bonchev–Trinajstić information content (AvgIpc) is 2.54. The maximum absolute atomic E-state index is 11.6. The van der Waals surface area contributed by atoms with Gasteiger partial charge in [0.15, 0.2) is 11.4 Å². The quantitative estimate of drug-likeness (QED) is 0.382. The first-order valence-electron chi connectivity index (χ1n) is 9.08. The molecule has 0 spiro atoms. The molecule has 0 aliphatic heterocycles. The Morgan fingerprint density at radius 1 is 0.727 bits per heavy atom. The molecule has 0 unspecified atom stereocenters. The highest BCUT2D eigenvalue weighted by atomic mass is 16.4. The third-order valence-electron chi connectivity index (χ3n) is 4.30. The van der Waals surface area contributed by atoms with Crippen molar-refractivity contribution in [3.63, 3.8) is 0 Å². The van der Waals surface area contributed by atoms with Crippen molar-refractivity contribution in [1.29, 1.82) is 0 Å². The zero-order valence-electron chi connectivity index (χ0n) is 14.4. The van der Waals surface area contributed by atoms with E-state index in [1.54, 1.807) is 0 Å². The first-order chi connectivity index (χ1) is 10.6. The molecule has 132 valence electrons. The minimum absolute atomic E-state index is 0.231. The molecule has 0 aromatic carbocycles. The van der Waals surface area contributed by atoms with Gasteiger partial charge in [0.25, 0.3) is 0 Å². The van der Waals surface area contributed by atoms with Crippen LogP contribution in [0.25, 0.3) is 0 Å². The van der Waals surface area contributed by atoms with Gasteiger partial charge in [0, 0.05) is 6.42 Å². The summed E-state index contributed by atoms with van der Waals surface area (Å²) in [7, 11) is 0. The van der Waals surface area contributed by atoms with Gasteiger partial charge in [-0.3, -0.25) is 4.79 Å². The van der Waals surface area contributed by atoms with Gasteiger partial charge in [0.2, 0.25) is 0 Å². The van der Waals surface area contributed by atoms with Gasteiger partial charge in [-0.1, -0.05) is 77.6 Å². The summed E-state index contributed by atoms with van der Waals surface area (Å²) < 4.78 is 0. The number of unbranched alkanes of at least 4 members (excludes halogenated alkanes) is 11. The van der Waals surface area contributed by atoms with Gasteiger partial charge >= 0.3 is 0 Å². The van der Waals surface area contributed by atoms with Gasteiger partial charge in [0.1, 0.15) is 0 Å². The van der Waals surface area contributed by atoms with Gasteiger partial charge in [-0.15, -0.1) is 0 Å². The largest absolute Gasteiger partial charge is 0.393 e. The first kappa shape index (κ1) is 21.6. The fourth-order valence-electron chi connectivity index (χ4n) is 2.59. The van der Waals surface area contributed by atoms with Crippen LogP contribution in [0.1, 0.15) is 90.4 Å². The summed E-state index contributed by atoms with van der Waals surface area (Å²) in [5.74, 6) is -0.454. The van der Waals surface area contributed by atoms with Crippen LogP contribution in [0.15, 0.2) is 0 Å². The van der Waals surface area contributed by atoms with E-state index >= 15 is 0 Å². The fourth-order valence-corrected chi connectivity index (χ4v) is 2.59. The fraction of sp³-hybridized carbons (Fsp3) is 0.944. The van der Waals surface area contributed by atoms with Crippen LogP contribution in [0.5, 0.6) is 0 Å². The molecule has 0 amide bonds. The topological polar surface area (TPSA) is 77.8 Å². The molecule has 0 aromatic heterocycles. The predicted molar refractivity (Wildman–Crippen MR) is 89.8 cm³/mol. The Bertz CT molecular complexity index is 262. The second kappa shape index (κ2) is 14.2. The third-order valence-corrected chi connectivity index (χ3v) is 4.30. The monoisotopic (exact) mass is 316 g/mol. The average molecular weight is 316 g/mol. The lowest BCUT2D eigenvalue weighted by molar-refractivity contribution is -0.146. The minimum atomic E-state index is -1.95. The molecular weight excluding hydrogens is 280 g/mol. The predicted octanol–water partition coefficient (Wildman–Crippen LogP) is 3.36. The van der Waals surface area contributed by atoms with Gasteiger partial charge in [-0.05, 0) is 6.42 Å². The number of hydrogen-bond donors (Lipinski definition) is 3. The van der Waals surface area contributed by atoms with Crippen LogP contribution in [-0.4, -0.2) is 39.9 Å². The zero-order chi connectivity index (χ0) is 16.7. The molecule has 0 radical (unpaired) electrons. The lowest BCUT2D eigenvalue weighted by Gasteiger charge is -2.21. The van der Waals surface area contributed by atoms with Crippen LogP contribution < -0.4 is 0 Å². The van der Waals surface area contributed by atoms with E-state index in [9.17, 15) is 9.90 Å². The maximum atomic E-state index is 11.6. The van der Waals surface area contributed by atoms with Crippen molar-refractivity contribution in [2.45, 2.75) is 96.0 Å². The van der Waals surface area contributed by atoms with Crippen molar-refractivity contribution in [3.8, 4) is 0 Å². The van der Waals surface area contributed by atoms with Crippen LogP contribution >= 0.6 is 0 Å². The van der Waals surface area contributed by atoms with E-state index in [2.05, 4.69) is 6.92 Å². The molecule has 0 atom stereocenters. The molecule has 3 N–H and O–H groups in total. The lowest BCUT2D eigenvalue weighted by Crippen LogP contribution is -2.45. The SMILES string of the molecule is CCCCCCCCCCCCCCC(=O)C(O)(CO)CO. The molecule has 0 aromatic rings. The highest BCUT2D eigenvalue weighted by Crippen LogP contribution is 2.14. The maximum Gasteiger partial charge on any atom is 0.169 e. The Kier molecular flexibility index (Phi) is 13.9. The number of Topliss-reactive ketones (excluding diaryl/α,β-unsaturated/α-hetero) is 1. The Balaban J connectivity index is 3.35. The number of rotatable bonds is 16. The third kappa shape index (κ3) is 10.3. The van der Waals surface area contributed by atoms with E-state index in [1.807, 2.05) is 0 Å². The number of aliphatic hydroxyl groups is 3. The van der Waals surface area contributed by atoms with E-state index in [1.165, 1.54) is 57.8 Å². The van der Waals surface area contributed by atoms with Crippen molar-refractivity contribution in [3.05, 3.63) is 0 Å². The summed E-state index contributed by atoms with van der Waals surface area (Å²) in [6, 6.07) is 0. The van der Waals surface area contributed by atoms with E-state index in [0.29, 0.717) is 0 Å². The molecule has 0 fully saturated rings. The number of carbonyl (C=O) groups excluding carboxylic acids is 1. The van der Waals surface area contributed by atoms with Crippen LogP contribution in [0.2, 0.25) is 0 Å². The molecule has 0 bridgehead atoms. The summed E-state index contributed by atoms with van der Waals surface area (Å²) in [6.45, 7) is 0.822. The molecule has 0 saturated heterocycles. The summed E-state index contributed by atoms with van der Waals surface area (Å²) in [6.07, 6.45) is 14.9. The van der Waals surface area contributed by atoms with E-state index in [4.69, 9.17) is 10.2 Å². The van der Waals surface area contributed by atoms with E-state index < -0.39 is 24.6 Å². The van der Waals surface area contributed by atoms with Crippen molar-refractivity contribution < 1.29 is 20.1 Å². The minimum Gasteiger partial charge on any atom is -0.393 e. The molecule has 0 aliphatic carbocycles. The van der Waals surface area contributed by atoms with Gasteiger partial charge in [-0.25, -0.2) is 0 Å². The van der Waals surface area contributed by atoms with Crippen molar-refractivity contribution in [1.82, 2.24) is 0 Å². The molecule has 4 heteroatoms. The molecule has 0 saturated carbocycles. The Morgan fingerprint density at radius 2 is 1.09 bits per heavy atom. The van der Waals surface area contributed by atoms with Gasteiger partial charge in [0.05, 0.1) is 13.2 Å². The Morgan fingerprint density at radius 3 is 1.45 bits per heavy atom. The highest BCUT2D eigenvalue weighted by molar-refractivity contribution is 5.87. The molecule has 0 rings (SSSR count). The van der Waals surface area contributed by atoms with Crippen LogP contribution in [0, 0.1) is 0 Å². The smallest absolute Gasteiger partial charge is 0.169 e. The second-order valence-corrected chi connectivity index (χ2v) is 6.41. The van der Waals surface area contributed by atoms with Crippen LogP contribution in [0.4, 0.5) is 0 Å². The molecule has 0 aliphatic rings. The summed E-state index contributed by atoms with van der Waals surface area (Å²) in [4.78, 5) is 11.6. The summed E-state index contributed by atoms with van der Waals surface area (Å²) >= 11 is 0. The second-order valence-electron chi connectivity index (χ2n) is 6.41. The Hall–Kier alpha value is -0.450. The number of hydrogen-bond acceptors (Lipinski definition) is 4. The van der Waals surface area contributed by atoms with Crippen molar-refractivity contribution in [2.24, 2.45) is 0 Å². The Labute approximate surface area is 135 Å². The standard InChI is InChI=1S/C18H36O4/c1-2-3-4-5-6-7-8-9-10-11-12-13-14-17(21)18(22,15-19)16-20/h19-20,22H,2-16H2,1H3. The number of carbonyl (C=O) groups is 1. The van der Waals surface area contributed by atoms with E-state index in [0.717, 1.165) is 19.3 Å². The van der Waals surface area contributed by atoms with E-state index in [-0.39, 0.29) is 6.42 Å². The van der Waals surface area contributed by atoms with Crippen LogP contribution in [0.3, 0.4) is 0 Å². The van der Waals surface area contributed by atoms with Crippen molar-refractivity contribution >= 4 is 5.78 Å². The normalized spacial score (nSPS) is 11.8. The molecular formula is C18H36O4. The zero-order valence-corrected chi connectivity index (χ0v) is 14.4. The molecule has 0 heterocycles. The summed E-state index contributed by atoms with van der Waals surface area (Å²) in [5, 5.41) is 27.5. The first-order valence-corrected chi connectivity index (χ1v) is 9.08. The number of aliphatic hydroxyl groups excluding tert-OH is 2.